The number of aromatic nitrogens is 1. The summed E-state index contributed by atoms with van der Waals surface area (Å²) in [5, 5.41) is 2.09. The molecule has 4 rings (SSSR count). The number of alkyl halides is 3. The summed E-state index contributed by atoms with van der Waals surface area (Å²) in [4.78, 5) is 17.4. The number of rotatable bonds is 11. The first-order valence-electron chi connectivity index (χ1n) is 13.5. The van der Waals surface area contributed by atoms with Crippen LogP contribution < -0.4 is 19.5 Å². The van der Waals surface area contributed by atoms with E-state index < -0.39 is 51.1 Å². The number of amides is 1. The number of benzene rings is 2. The van der Waals surface area contributed by atoms with Crippen molar-refractivity contribution in [2.75, 3.05) is 19.9 Å². The van der Waals surface area contributed by atoms with Crippen LogP contribution in [0.15, 0.2) is 48.5 Å². The van der Waals surface area contributed by atoms with Gasteiger partial charge in [0.1, 0.15) is 11.2 Å². The predicted molar refractivity (Wildman–Crippen MR) is 158 cm³/mol. The molecule has 1 atom stereocenters. The first-order chi connectivity index (χ1) is 20.3. The molecule has 1 heterocycles. The van der Waals surface area contributed by atoms with Crippen LogP contribution in [0.2, 0.25) is 5.02 Å². The molecular formula is C30H32ClF4N3O5S. The first-order valence-corrected chi connectivity index (χ1v) is 15.8. The number of nitrogens with one attached hydrogen (secondary N) is 2. The van der Waals surface area contributed by atoms with Gasteiger partial charge in [-0.1, -0.05) is 11.6 Å². The standard InChI is InChI=1S/C30H32ClF4N3O5S/c1-28(2,38-44(5,40)41)19-14-23(17-6-10-22(32)21(31)12-17)37-26(15-19)29(3,30(33,34)35)16-36-27(39)18-7-11-24(25(13-18)42-4)43-20-8-9-20/h6-7,10-15,20,38H,8-9,16H2,1-5H3,(H,36,39). The molecule has 0 radical (unpaired) electrons. The van der Waals surface area contributed by atoms with Crippen LogP contribution >= 0.6 is 11.6 Å². The Kier molecular flexibility index (Phi) is 9.26. The van der Waals surface area contributed by atoms with Gasteiger partial charge in [-0.25, -0.2) is 17.5 Å². The molecule has 1 saturated carbocycles. The Balaban J connectivity index is 1.75. The molecule has 1 unspecified atom stereocenters. The molecular weight excluding hydrogens is 626 g/mol. The molecule has 0 spiro atoms. The zero-order valence-corrected chi connectivity index (χ0v) is 26.2. The lowest BCUT2D eigenvalue weighted by Crippen LogP contribution is -2.50. The van der Waals surface area contributed by atoms with Gasteiger partial charge in [-0.2, -0.15) is 13.2 Å². The average Bonchev–Trinajstić information content (AvgIpc) is 3.75. The van der Waals surface area contributed by atoms with Gasteiger partial charge < -0.3 is 14.8 Å². The third-order valence-electron chi connectivity index (χ3n) is 7.24. The van der Waals surface area contributed by atoms with Crippen LogP contribution in [0.5, 0.6) is 11.5 Å². The number of ether oxygens (including phenoxy) is 2. The number of halogens is 5. The minimum Gasteiger partial charge on any atom is -0.493 e. The maximum Gasteiger partial charge on any atom is 0.401 e. The molecule has 0 bridgehead atoms. The van der Waals surface area contributed by atoms with E-state index in [0.717, 1.165) is 38.2 Å². The first kappa shape index (κ1) is 33.5. The topological polar surface area (TPSA) is 107 Å². The van der Waals surface area contributed by atoms with Gasteiger partial charge in [0, 0.05) is 17.7 Å². The summed E-state index contributed by atoms with van der Waals surface area (Å²) in [6.45, 7) is 2.92. The Labute approximate surface area is 258 Å². The number of pyridine rings is 1. The van der Waals surface area contributed by atoms with Crippen molar-refractivity contribution in [3.63, 3.8) is 0 Å². The van der Waals surface area contributed by atoms with Crippen LogP contribution in [0.25, 0.3) is 11.3 Å². The average molecular weight is 658 g/mol. The van der Waals surface area contributed by atoms with Gasteiger partial charge in [-0.15, -0.1) is 0 Å². The summed E-state index contributed by atoms with van der Waals surface area (Å²) in [7, 11) is -2.41. The van der Waals surface area contributed by atoms with Crippen LogP contribution in [0.3, 0.4) is 0 Å². The monoisotopic (exact) mass is 657 g/mol. The van der Waals surface area contributed by atoms with Crippen LogP contribution in [0, 0.1) is 5.82 Å². The maximum absolute atomic E-state index is 14.9. The fourth-order valence-electron chi connectivity index (χ4n) is 4.47. The smallest absolute Gasteiger partial charge is 0.401 e. The van der Waals surface area contributed by atoms with Crippen LogP contribution in [0.1, 0.15) is 55.2 Å². The van der Waals surface area contributed by atoms with Crippen molar-refractivity contribution in [3.05, 3.63) is 76.2 Å². The van der Waals surface area contributed by atoms with Gasteiger partial charge >= 0.3 is 6.18 Å². The number of sulfonamides is 1. The van der Waals surface area contributed by atoms with Crippen molar-refractivity contribution in [1.29, 1.82) is 0 Å². The summed E-state index contributed by atoms with van der Waals surface area (Å²) in [6.07, 6.45) is -2.15. The van der Waals surface area contributed by atoms with E-state index in [1.54, 1.807) is 0 Å². The van der Waals surface area contributed by atoms with Crippen molar-refractivity contribution in [3.8, 4) is 22.8 Å². The highest BCUT2D eigenvalue weighted by atomic mass is 35.5. The number of nitrogens with zero attached hydrogens (tertiary/aromatic N) is 1. The van der Waals surface area contributed by atoms with E-state index in [4.69, 9.17) is 21.1 Å². The highest BCUT2D eigenvalue weighted by Gasteiger charge is 2.54. The van der Waals surface area contributed by atoms with Crippen molar-refractivity contribution < 1.29 is 40.2 Å². The summed E-state index contributed by atoms with van der Waals surface area (Å²) in [5.41, 5.74) is -4.27. The third kappa shape index (κ3) is 7.62. The quantitative estimate of drug-likeness (QED) is 0.241. The largest absolute Gasteiger partial charge is 0.493 e. The van der Waals surface area contributed by atoms with E-state index >= 15 is 0 Å². The van der Waals surface area contributed by atoms with Gasteiger partial charge in [0.25, 0.3) is 5.91 Å². The minimum absolute atomic E-state index is 0.0134. The highest BCUT2D eigenvalue weighted by Crippen LogP contribution is 2.42. The molecule has 1 fully saturated rings. The molecule has 2 N–H and O–H groups in total. The molecule has 2 aromatic carbocycles. The van der Waals surface area contributed by atoms with Crippen molar-refractivity contribution in [2.24, 2.45) is 0 Å². The molecule has 1 aliphatic rings. The Morgan fingerprint density at radius 3 is 2.30 bits per heavy atom. The van der Waals surface area contributed by atoms with Gasteiger partial charge in [-0.05, 0) is 87.7 Å². The Bertz CT molecular complexity index is 1680. The van der Waals surface area contributed by atoms with Crippen LogP contribution in [0.4, 0.5) is 17.6 Å². The maximum atomic E-state index is 14.9. The lowest BCUT2D eigenvalue weighted by atomic mass is 9.82. The second-order valence-electron chi connectivity index (χ2n) is 11.4. The number of carbonyl (C=O) groups is 1. The zero-order valence-electron chi connectivity index (χ0n) is 24.6. The van der Waals surface area contributed by atoms with E-state index in [0.29, 0.717) is 5.75 Å². The third-order valence-corrected chi connectivity index (χ3v) is 8.41. The SMILES string of the molecule is COc1cc(C(=O)NCC(C)(c2cc(C(C)(C)NS(C)(=O)=O)cc(-c3ccc(F)c(Cl)c3)n2)C(F)(F)F)ccc1OC1CC1. The number of methoxy groups -OCH3 is 1. The van der Waals surface area contributed by atoms with E-state index in [1.165, 1.54) is 57.4 Å². The number of hydrogen-bond acceptors (Lipinski definition) is 6. The second kappa shape index (κ2) is 12.2. The fourth-order valence-corrected chi connectivity index (χ4v) is 5.69. The normalized spacial score (nSPS) is 15.4. The van der Waals surface area contributed by atoms with Gasteiger partial charge in [-0.3, -0.25) is 9.78 Å². The molecule has 1 aliphatic carbocycles. The number of hydrogen-bond donors (Lipinski definition) is 2. The molecule has 8 nitrogen and oxygen atoms in total. The van der Waals surface area contributed by atoms with Gasteiger partial charge in [0.05, 0.1) is 41.4 Å². The molecule has 3 aromatic rings. The summed E-state index contributed by atoms with van der Waals surface area (Å²) in [6, 6.07) is 10.4. The molecule has 1 aromatic heterocycles. The summed E-state index contributed by atoms with van der Waals surface area (Å²) < 4.78 is 96.2. The Hall–Kier alpha value is -3.42. The molecule has 44 heavy (non-hydrogen) atoms. The minimum atomic E-state index is -4.93. The molecule has 0 saturated heterocycles. The van der Waals surface area contributed by atoms with Gasteiger partial charge in [0.2, 0.25) is 10.0 Å². The summed E-state index contributed by atoms with van der Waals surface area (Å²) >= 11 is 5.95. The Morgan fingerprint density at radius 2 is 1.73 bits per heavy atom. The van der Waals surface area contributed by atoms with Crippen LogP contribution in [-0.2, 0) is 21.0 Å². The number of carbonyl (C=O) groups excluding carboxylic acids is 1. The fraction of sp³-hybridized carbons (Fsp3) is 0.400. The van der Waals surface area contributed by atoms with Gasteiger partial charge in [0.15, 0.2) is 11.5 Å². The van der Waals surface area contributed by atoms with Crippen molar-refractivity contribution in [2.45, 2.75) is 56.8 Å². The van der Waals surface area contributed by atoms with E-state index in [2.05, 4.69) is 15.0 Å². The van der Waals surface area contributed by atoms with E-state index in [-0.39, 0.29) is 39.3 Å². The molecule has 238 valence electrons. The second-order valence-corrected chi connectivity index (χ2v) is 13.6. The lowest BCUT2D eigenvalue weighted by molar-refractivity contribution is -0.184. The van der Waals surface area contributed by atoms with E-state index in [9.17, 15) is 30.8 Å². The van der Waals surface area contributed by atoms with Crippen molar-refractivity contribution >= 4 is 27.5 Å². The lowest BCUT2D eigenvalue weighted by Gasteiger charge is -2.34. The molecule has 1 amide bonds. The summed E-state index contributed by atoms with van der Waals surface area (Å²) in [5.74, 6) is -0.845. The zero-order chi connectivity index (χ0) is 32.7. The Morgan fingerprint density at radius 1 is 1.05 bits per heavy atom. The highest BCUT2D eigenvalue weighted by molar-refractivity contribution is 7.88. The van der Waals surface area contributed by atoms with Crippen molar-refractivity contribution in [1.82, 2.24) is 15.0 Å². The molecule has 14 heteroatoms. The van der Waals surface area contributed by atoms with Crippen LogP contribution in [-0.4, -0.2) is 51.5 Å². The van der Waals surface area contributed by atoms with E-state index in [1.807, 2.05) is 0 Å². The molecule has 0 aliphatic heterocycles. The predicted octanol–water partition coefficient (Wildman–Crippen LogP) is 6.13.